The monoisotopic (exact) mass is 433 g/mol. The summed E-state index contributed by atoms with van der Waals surface area (Å²) >= 11 is 0. The highest BCUT2D eigenvalue weighted by molar-refractivity contribution is 5.89. The third-order valence-electron chi connectivity index (χ3n) is 11.6. The standard InChI is InChI=1S/C27H31NO4/c1-13-11-26-16-10-15(13)20(32-24(31)14-6-4-3-5-7-14)18(26)22-27(16)17(29)8-9-25(2)12-28(22)19(21(25)27)23(26)30/h3-7,15-23,29-30H,1,8-12H2,2H3/t15-,16+,17+,18+,19-,20?,21+,22?,23+,25-,26?,27?/m0/s1. The summed E-state index contributed by atoms with van der Waals surface area (Å²) in [5.74, 6) is 0.574. The number of carbonyl (C=O) groups is 1. The van der Waals surface area contributed by atoms with E-state index in [9.17, 15) is 15.0 Å². The smallest absolute Gasteiger partial charge is 0.338 e. The van der Waals surface area contributed by atoms with Gasteiger partial charge >= 0.3 is 5.97 Å². The molecule has 3 heterocycles. The van der Waals surface area contributed by atoms with E-state index in [-0.39, 0.29) is 58.3 Å². The maximum atomic E-state index is 13.2. The van der Waals surface area contributed by atoms with E-state index in [0.717, 1.165) is 37.8 Å². The summed E-state index contributed by atoms with van der Waals surface area (Å²) in [5, 5.41) is 23.7. The van der Waals surface area contributed by atoms with Gasteiger partial charge in [-0.05, 0) is 55.1 Å². The maximum Gasteiger partial charge on any atom is 0.338 e. The Hall–Kier alpha value is -1.69. The van der Waals surface area contributed by atoms with Gasteiger partial charge in [-0.1, -0.05) is 37.3 Å². The highest BCUT2D eigenvalue weighted by atomic mass is 16.5. The van der Waals surface area contributed by atoms with Crippen LogP contribution in [0.5, 0.6) is 0 Å². The van der Waals surface area contributed by atoms with Crippen LogP contribution in [0.2, 0.25) is 0 Å². The Morgan fingerprint density at radius 1 is 1.25 bits per heavy atom. The van der Waals surface area contributed by atoms with Gasteiger partial charge in [0.1, 0.15) is 6.10 Å². The van der Waals surface area contributed by atoms with Gasteiger partial charge in [0.05, 0.1) is 17.8 Å². The molecule has 9 fully saturated rings. The zero-order chi connectivity index (χ0) is 21.8. The molecule has 0 aromatic heterocycles. The number of esters is 1. The van der Waals surface area contributed by atoms with Crippen molar-refractivity contribution < 1.29 is 19.7 Å². The molecule has 1 aromatic carbocycles. The number of nitrogens with zero attached hydrogens (tertiary/aromatic N) is 1. The Labute approximate surface area is 188 Å². The van der Waals surface area contributed by atoms with Crippen molar-refractivity contribution in [2.75, 3.05) is 6.54 Å². The molecular weight excluding hydrogens is 402 g/mol. The highest BCUT2D eigenvalue weighted by Gasteiger charge is 2.92. The zero-order valence-corrected chi connectivity index (χ0v) is 18.5. The second-order valence-corrected chi connectivity index (χ2v) is 12.3. The van der Waals surface area contributed by atoms with E-state index in [2.05, 4.69) is 18.4 Å². The minimum atomic E-state index is -0.433. The average Bonchev–Trinajstić information content (AvgIpc) is 3.28. The molecule has 5 nitrogen and oxygen atoms in total. The van der Waals surface area contributed by atoms with Crippen LogP contribution >= 0.6 is 0 Å². The van der Waals surface area contributed by atoms with Crippen molar-refractivity contribution in [3.8, 4) is 0 Å². The van der Waals surface area contributed by atoms with Gasteiger partial charge in [0.15, 0.2) is 0 Å². The van der Waals surface area contributed by atoms with Crippen molar-refractivity contribution in [3.05, 3.63) is 48.0 Å². The fraction of sp³-hybridized carbons (Fsp3) is 0.667. The van der Waals surface area contributed by atoms with Crippen LogP contribution < -0.4 is 0 Å². The van der Waals surface area contributed by atoms with E-state index in [0.29, 0.717) is 17.4 Å². The molecular formula is C27H31NO4. The third kappa shape index (κ3) is 1.62. The Balaban J connectivity index is 1.30. The van der Waals surface area contributed by atoms with Crippen molar-refractivity contribution in [1.29, 1.82) is 0 Å². The molecule has 2 spiro atoms. The fourth-order valence-corrected chi connectivity index (χ4v) is 11.2. The first-order valence-corrected chi connectivity index (χ1v) is 12.4. The number of aliphatic hydroxyl groups excluding tert-OH is 2. The molecule has 2 N–H and O–H groups in total. The van der Waals surface area contributed by atoms with E-state index in [1.165, 1.54) is 0 Å². The van der Waals surface area contributed by atoms with Gasteiger partial charge in [-0.2, -0.15) is 0 Å². The Bertz CT molecular complexity index is 1070. The number of ether oxygens (including phenoxy) is 1. The van der Waals surface area contributed by atoms with Crippen LogP contribution in [0.3, 0.4) is 0 Å². The van der Waals surface area contributed by atoms with E-state index < -0.39 is 6.10 Å². The van der Waals surface area contributed by atoms with Gasteiger partial charge in [-0.15, -0.1) is 0 Å². The van der Waals surface area contributed by atoms with Crippen LogP contribution in [0.1, 0.15) is 43.0 Å². The number of benzene rings is 1. The topological polar surface area (TPSA) is 70.0 Å². The van der Waals surface area contributed by atoms with Crippen molar-refractivity contribution in [2.24, 2.45) is 39.9 Å². The first kappa shape index (κ1) is 18.7. The molecule has 3 aliphatic heterocycles. The molecule has 1 aromatic rings. The molecule has 6 aliphatic carbocycles. The van der Waals surface area contributed by atoms with Gasteiger partial charge in [-0.3, -0.25) is 4.90 Å². The van der Waals surface area contributed by atoms with Gasteiger partial charge in [0, 0.05) is 41.3 Å². The van der Waals surface area contributed by atoms with E-state index in [4.69, 9.17) is 4.74 Å². The van der Waals surface area contributed by atoms with Crippen molar-refractivity contribution in [3.63, 3.8) is 0 Å². The molecule has 9 aliphatic rings. The summed E-state index contributed by atoms with van der Waals surface area (Å²) in [6.45, 7) is 7.82. The first-order valence-electron chi connectivity index (χ1n) is 12.4. The first-order chi connectivity index (χ1) is 15.4. The molecule has 32 heavy (non-hydrogen) atoms. The Morgan fingerprint density at radius 2 is 2.03 bits per heavy atom. The van der Waals surface area contributed by atoms with Gasteiger partial charge in [0.25, 0.3) is 0 Å². The number of hydrogen-bond acceptors (Lipinski definition) is 5. The minimum absolute atomic E-state index is 0.0814. The molecule has 10 rings (SSSR count). The van der Waals surface area contributed by atoms with Gasteiger partial charge < -0.3 is 14.9 Å². The second-order valence-electron chi connectivity index (χ2n) is 12.3. The van der Waals surface area contributed by atoms with Crippen molar-refractivity contribution >= 4 is 5.97 Å². The van der Waals surface area contributed by atoms with Crippen LogP contribution in [0.15, 0.2) is 42.5 Å². The molecule has 3 saturated heterocycles. The number of hydrogen-bond donors (Lipinski definition) is 2. The molecule has 0 amide bonds. The Kier molecular flexibility index (Phi) is 3.12. The fourth-order valence-electron chi connectivity index (χ4n) is 11.2. The SMILES string of the molecule is C=C1CC23[C@@H]4C(OC(=O)c5ccccc5)[C@H]1C[C@H]2C12C4N4C[C@](C)(CC[C@H]1O)[C@H]2[C@H]4[C@H]3O. The van der Waals surface area contributed by atoms with Crippen molar-refractivity contribution in [1.82, 2.24) is 4.90 Å². The van der Waals surface area contributed by atoms with Crippen LogP contribution in [0, 0.1) is 39.9 Å². The molecule has 6 saturated carbocycles. The van der Waals surface area contributed by atoms with Crippen molar-refractivity contribution in [2.45, 2.75) is 63.0 Å². The zero-order valence-electron chi connectivity index (χ0n) is 18.5. The number of carbonyl (C=O) groups excluding carboxylic acids is 1. The molecule has 5 unspecified atom stereocenters. The molecule has 168 valence electrons. The second kappa shape index (κ2) is 5.34. The lowest BCUT2D eigenvalue weighted by Gasteiger charge is -2.66. The van der Waals surface area contributed by atoms with Gasteiger partial charge in [0.2, 0.25) is 0 Å². The number of rotatable bonds is 2. The average molecular weight is 434 g/mol. The molecule has 0 radical (unpaired) electrons. The summed E-state index contributed by atoms with van der Waals surface area (Å²) < 4.78 is 6.34. The van der Waals surface area contributed by atoms with E-state index in [1.54, 1.807) is 12.1 Å². The van der Waals surface area contributed by atoms with E-state index >= 15 is 0 Å². The lowest BCUT2D eigenvalue weighted by Crippen LogP contribution is -2.70. The normalized spacial score (nSPS) is 59.7. The van der Waals surface area contributed by atoms with Crippen LogP contribution in [0.25, 0.3) is 0 Å². The summed E-state index contributed by atoms with van der Waals surface area (Å²) in [6.07, 6.45) is 2.60. The number of piperidine rings is 2. The lowest BCUT2D eigenvalue weighted by molar-refractivity contribution is -0.227. The predicted octanol–water partition coefficient (Wildman–Crippen LogP) is 2.63. The third-order valence-corrected chi connectivity index (χ3v) is 11.6. The van der Waals surface area contributed by atoms with Crippen LogP contribution in [-0.4, -0.2) is 58.0 Å². The van der Waals surface area contributed by atoms with Crippen LogP contribution in [0.4, 0.5) is 0 Å². The van der Waals surface area contributed by atoms with Gasteiger partial charge in [-0.25, -0.2) is 4.79 Å². The molecule has 5 heteroatoms. The minimum Gasteiger partial charge on any atom is -0.458 e. The maximum absolute atomic E-state index is 13.2. The quantitative estimate of drug-likeness (QED) is 0.554. The number of fused-ring (bicyclic) bond motifs is 1. The van der Waals surface area contributed by atoms with E-state index in [1.807, 2.05) is 18.2 Å². The summed E-state index contributed by atoms with van der Waals surface area (Å²) in [4.78, 5) is 15.7. The van der Waals surface area contributed by atoms with Crippen LogP contribution in [-0.2, 0) is 4.74 Å². The largest absolute Gasteiger partial charge is 0.458 e. The molecule has 13 atom stereocenters. The summed E-state index contributed by atoms with van der Waals surface area (Å²) in [5.41, 5.74) is 1.42. The Morgan fingerprint density at radius 3 is 2.81 bits per heavy atom. The summed E-state index contributed by atoms with van der Waals surface area (Å²) in [7, 11) is 0. The predicted molar refractivity (Wildman–Crippen MR) is 116 cm³/mol. The lowest BCUT2D eigenvalue weighted by atomic mass is 9.39. The number of aliphatic hydroxyl groups is 2. The summed E-state index contributed by atoms with van der Waals surface area (Å²) in [6, 6.07) is 9.59. The molecule has 9 bridgehead atoms. The highest BCUT2D eigenvalue weighted by Crippen LogP contribution is 2.87.